The molecule has 104 valence electrons. The standard InChI is InChI=1S/C8H10N4O7/c1-3(11-18-2)8(19-12-7(16)17)4(13)9-6(15)10-5(8)14/h12H,1-2H3,(H,16,17)(H2,9,10,13,14,15)/b11-3+. The number of imide groups is 2. The molecule has 19 heavy (non-hydrogen) atoms. The van der Waals surface area contributed by atoms with E-state index in [1.807, 2.05) is 0 Å². The minimum absolute atomic E-state index is 0.314. The van der Waals surface area contributed by atoms with E-state index in [0.29, 0.717) is 0 Å². The van der Waals surface area contributed by atoms with Gasteiger partial charge in [-0.1, -0.05) is 5.16 Å². The predicted octanol–water partition coefficient (Wildman–Crippen LogP) is -1.69. The van der Waals surface area contributed by atoms with E-state index in [9.17, 15) is 19.2 Å². The molecule has 5 amide bonds. The van der Waals surface area contributed by atoms with Crippen LogP contribution in [0.4, 0.5) is 9.59 Å². The van der Waals surface area contributed by atoms with E-state index in [1.54, 1.807) is 10.6 Å². The lowest BCUT2D eigenvalue weighted by atomic mass is 9.94. The number of amides is 5. The van der Waals surface area contributed by atoms with E-state index < -0.39 is 29.5 Å². The molecule has 0 bridgehead atoms. The van der Waals surface area contributed by atoms with Gasteiger partial charge in [-0.25, -0.2) is 14.4 Å². The number of carbonyl (C=O) groups excluding carboxylic acids is 3. The lowest BCUT2D eigenvalue weighted by Gasteiger charge is -2.31. The smallest absolute Gasteiger partial charge is 0.428 e. The topological polar surface area (TPSA) is 155 Å². The highest BCUT2D eigenvalue weighted by Gasteiger charge is 2.56. The average molecular weight is 274 g/mol. The van der Waals surface area contributed by atoms with Gasteiger partial charge < -0.3 is 9.94 Å². The summed E-state index contributed by atoms with van der Waals surface area (Å²) in [5, 5.41) is 15.3. The van der Waals surface area contributed by atoms with Gasteiger partial charge >= 0.3 is 12.1 Å². The second-order valence-electron chi connectivity index (χ2n) is 3.29. The number of carboxylic acid groups (broad SMARTS) is 1. The van der Waals surface area contributed by atoms with Crippen molar-refractivity contribution in [3.8, 4) is 0 Å². The molecule has 1 saturated heterocycles. The summed E-state index contributed by atoms with van der Waals surface area (Å²) in [6.45, 7) is 1.18. The number of hydrogen-bond acceptors (Lipinski definition) is 7. The quantitative estimate of drug-likeness (QED) is 0.271. The number of nitrogens with one attached hydrogen (secondary N) is 3. The molecule has 4 N–H and O–H groups in total. The van der Waals surface area contributed by atoms with Gasteiger partial charge in [0.1, 0.15) is 12.8 Å². The van der Waals surface area contributed by atoms with E-state index in [4.69, 9.17) is 5.11 Å². The van der Waals surface area contributed by atoms with Crippen molar-refractivity contribution >= 4 is 29.7 Å². The summed E-state index contributed by atoms with van der Waals surface area (Å²) < 4.78 is 0. The fourth-order valence-electron chi connectivity index (χ4n) is 1.33. The second-order valence-corrected chi connectivity index (χ2v) is 3.29. The number of nitrogens with zero attached hydrogens (tertiary/aromatic N) is 1. The van der Waals surface area contributed by atoms with Gasteiger partial charge in [-0.05, 0) is 6.92 Å². The molecule has 1 rings (SSSR count). The Hall–Kier alpha value is -2.69. The number of hydroxylamine groups is 1. The molecule has 1 fully saturated rings. The molecule has 0 unspecified atom stereocenters. The van der Waals surface area contributed by atoms with E-state index in [0.717, 1.165) is 7.11 Å². The van der Waals surface area contributed by atoms with Crippen LogP contribution in [-0.2, 0) is 19.3 Å². The number of urea groups is 1. The normalized spacial score (nSPS) is 18.4. The number of hydrogen-bond donors (Lipinski definition) is 4. The van der Waals surface area contributed by atoms with Crippen LogP contribution in [-0.4, -0.2) is 47.5 Å². The van der Waals surface area contributed by atoms with Gasteiger partial charge in [-0.3, -0.25) is 20.2 Å². The molecule has 1 heterocycles. The highest BCUT2D eigenvalue weighted by molar-refractivity contribution is 6.34. The zero-order chi connectivity index (χ0) is 14.6. The largest absolute Gasteiger partial charge is 0.464 e. The Kier molecular flexibility index (Phi) is 4.01. The van der Waals surface area contributed by atoms with Crippen molar-refractivity contribution in [1.29, 1.82) is 0 Å². The predicted molar refractivity (Wildman–Crippen MR) is 56.8 cm³/mol. The van der Waals surface area contributed by atoms with E-state index in [1.165, 1.54) is 12.4 Å². The molecule has 0 radical (unpaired) electrons. The third kappa shape index (κ3) is 2.60. The van der Waals surface area contributed by atoms with Crippen LogP contribution in [0.1, 0.15) is 6.92 Å². The Bertz CT molecular complexity index is 452. The highest BCUT2D eigenvalue weighted by Crippen LogP contribution is 2.17. The summed E-state index contributed by atoms with van der Waals surface area (Å²) in [5.74, 6) is -2.40. The second kappa shape index (κ2) is 5.30. The SMILES string of the molecule is CO/N=C(\C)C1(ONC(=O)O)C(=O)NC(=O)NC1=O. The van der Waals surface area contributed by atoms with E-state index >= 15 is 0 Å². The first-order valence-electron chi connectivity index (χ1n) is 4.76. The van der Waals surface area contributed by atoms with Crippen molar-refractivity contribution in [2.45, 2.75) is 12.5 Å². The zero-order valence-electron chi connectivity index (χ0n) is 9.84. The average Bonchev–Trinajstić information content (AvgIpc) is 2.28. The van der Waals surface area contributed by atoms with Crippen molar-refractivity contribution in [2.24, 2.45) is 5.16 Å². The molecule has 0 aromatic heterocycles. The van der Waals surface area contributed by atoms with Gasteiger partial charge in [0.05, 0.1) is 0 Å². The Labute approximate surface area is 105 Å². The first kappa shape index (κ1) is 14.4. The van der Waals surface area contributed by atoms with Crippen molar-refractivity contribution in [2.75, 3.05) is 7.11 Å². The van der Waals surface area contributed by atoms with Crippen molar-refractivity contribution < 1.29 is 34.0 Å². The molecule has 0 aromatic carbocycles. The van der Waals surface area contributed by atoms with Gasteiger partial charge in [0.15, 0.2) is 0 Å². The summed E-state index contributed by atoms with van der Waals surface area (Å²) in [6.07, 6.45) is -1.65. The van der Waals surface area contributed by atoms with Crippen LogP contribution < -0.4 is 16.1 Å². The van der Waals surface area contributed by atoms with Crippen molar-refractivity contribution in [3.63, 3.8) is 0 Å². The molecular formula is C8H10N4O7. The molecule has 0 spiro atoms. The molecule has 1 aliphatic rings. The van der Waals surface area contributed by atoms with Crippen LogP contribution >= 0.6 is 0 Å². The van der Waals surface area contributed by atoms with Crippen LogP contribution in [0.15, 0.2) is 5.16 Å². The Morgan fingerprint density at radius 2 is 1.84 bits per heavy atom. The van der Waals surface area contributed by atoms with E-state index in [2.05, 4.69) is 14.8 Å². The van der Waals surface area contributed by atoms with Gasteiger partial charge in [0, 0.05) is 0 Å². The van der Waals surface area contributed by atoms with Gasteiger partial charge in [-0.15, -0.1) is 0 Å². The minimum atomic E-state index is -2.47. The molecular weight excluding hydrogens is 264 g/mol. The Morgan fingerprint density at radius 1 is 1.32 bits per heavy atom. The lowest BCUT2D eigenvalue weighted by Crippen LogP contribution is -2.71. The monoisotopic (exact) mass is 274 g/mol. The number of rotatable bonds is 4. The lowest BCUT2D eigenvalue weighted by molar-refractivity contribution is -0.158. The molecule has 0 aliphatic carbocycles. The summed E-state index contributed by atoms with van der Waals surface area (Å²) in [4.78, 5) is 53.9. The van der Waals surface area contributed by atoms with Crippen LogP contribution in [0, 0.1) is 0 Å². The molecule has 11 heteroatoms. The van der Waals surface area contributed by atoms with Crippen molar-refractivity contribution in [3.05, 3.63) is 0 Å². The zero-order valence-corrected chi connectivity index (χ0v) is 9.84. The molecule has 0 aromatic rings. The third-order valence-electron chi connectivity index (χ3n) is 2.12. The van der Waals surface area contributed by atoms with Crippen LogP contribution in [0.3, 0.4) is 0 Å². The summed E-state index contributed by atoms with van der Waals surface area (Å²) in [5.41, 5.74) is -1.37. The van der Waals surface area contributed by atoms with Gasteiger partial charge in [0.25, 0.3) is 17.4 Å². The first-order chi connectivity index (χ1) is 8.84. The molecule has 11 nitrogen and oxygen atoms in total. The van der Waals surface area contributed by atoms with Crippen molar-refractivity contribution in [1.82, 2.24) is 16.1 Å². The molecule has 1 aliphatic heterocycles. The fraction of sp³-hybridized carbons (Fsp3) is 0.375. The maximum Gasteiger partial charge on any atom is 0.428 e. The summed E-state index contributed by atoms with van der Waals surface area (Å²) in [7, 11) is 1.14. The Morgan fingerprint density at radius 3 is 2.26 bits per heavy atom. The minimum Gasteiger partial charge on any atom is -0.464 e. The first-order valence-corrected chi connectivity index (χ1v) is 4.76. The van der Waals surface area contributed by atoms with Gasteiger partial charge in [-0.2, -0.15) is 5.48 Å². The third-order valence-corrected chi connectivity index (χ3v) is 2.12. The number of oxime groups is 1. The highest BCUT2D eigenvalue weighted by atomic mass is 16.7. The Balaban J connectivity index is 3.20. The summed E-state index contributed by atoms with van der Waals surface area (Å²) in [6, 6.07) is -1.06. The van der Waals surface area contributed by atoms with Crippen LogP contribution in [0.25, 0.3) is 0 Å². The van der Waals surface area contributed by atoms with E-state index in [-0.39, 0.29) is 5.71 Å². The van der Waals surface area contributed by atoms with Crippen LogP contribution in [0.5, 0.6) is 0 Å². The number of barbiturate groups is 1. The molecule has 0 atom stereocenters. The molecule has 0 saturated carbocycles. The van der Waals surface area contributed by atoms with Crippen LogP contribution in [0.2, 0.25) is 0 Å². The van der Waals surface area contributed by atoms with Gasteiger partial charge in [0.2, 0.25) is 0 Å². The maximum atomic E-state index is 11.8. The fourth-order valence-corrected chi connectivity index (χ4v) is 1.33. The maximum absolute atomic E-state index is 11.8. The number of carbonyl (C=O) groups is 4. The summed E-state index contributed by atoms with van der Waals surface area (Å²) >= 11 is 0.